The van der Waals surface area contributed by atoms with Crippen LogP contribution in [0, 0.1) is 11.7 Å². The summed E-state index contributed by atoms with van der Waals surface area (Å²) in [7, 11) is 0. The molecule has 0 bridgehead atoms. The van der Waals surface area contributed by atoms with Crippen molar-refractivity contribution in [1.29, 1.82) is 0 Å². The number of pyridine rings is 2. The number of fused-ring (bicyclic) bond motifs is 1. The van der Waals surface area contributed by atoms with Gasteiger partial charge in [-0.3, -0.25) is 19.0 Å². The average molecular weight is 483 g/mol. The smallest absolute Gasteiger partial charge is 0.307 e. The van der Waals surface area contributed by atoms with E-state index in [1.807, 2.05) is 12.1 Å². The first-order valence-corrected chi connectivity index (χ1v) is 11.9. The number of nitrogens with zero attached hydrogens (tertiary/aromatic N) is 2. The van der Waals surface area contributed by atoms with Crippen molar-refractivity contribution < 1.29 is 19.1 Å². The van der Waals surface area contributed by atoms with E-state index in [4.69, 9.17) is 0 Å². The number of halogens is 1. The fourth-order valence-corrected chi connectivity index (χ4v) is 4.67. The third kappa shape index (κ3) is 3.84. The van der Waals surface area contributed by atoms with Crippen LogP contribution < -0.4 is 10.7 Å². The van der Waals surface area contributed by atoms with E-state index in [1.54, 1.807) is 42.5 Å². The van der Waals surface area contributed by atoms with Gasteiger partial charge >= 0.3 is 5.97 Å². The Labute approximate surface area is 205 Å². The minimum absolute atomic E-state index is 0.00784. The van der Waals surface area contributed by atoms with Crippen LogP contribution >= 0.6 is 0 Å². The van der Waals surface area contributed by atoms with E-state index in [-0.39, 0.29) is 40.2 Å². The van der Waals surface area contributed by atoms with Crippen molar-refractivity contribution in [2.75, 3.05) is 0 Å². The quantitative estimate of drug-likeness (QED) is 0.427. The normalized spacial score (nSPS) is 18.7. The molecule has 36 heavy (non-hydrogen) atoms. The summed E-state index contributed by atoms with van der Waals surface area (Å²) in [6.07, 6.45) is 5.25. The number of amides is 1. The van der Waals surface area contributed by atoms with Crippen molar-refractivity contribution in [3.05, 3.63) is 94.2 Å². The Hall–Kier alpha value is -4.33. The van der Waals surface area contributed by atoms with Crippen LogP contribution in [-0.2, 0) is 4.79 Å². The summed E-state index contributed by atoms with van der Waals surface area (Å²) >= 11 is 0. The Morgan fingerprint density at radius 2 is 1.83 bits per heavy atom. The minimum Gasteiger partial charge on any atom is -0.481 e. The Kier molecular flexibility index (Phi) is 5.17. The van der Waals surface area contributed by atoms with Gasteiger partial charge in [0.05, 0.1) is 17.0 Å². The molecule has 0 aliphatic heterocycles. The number of benzene rings is 2. The minimum atomic E-state index is -0.796. The van der Waals surface area contributed by atoms with Crippen LogP contribution in [0.4, 0.5) is 4.39 Å². The lowest BCUT2D eigenvalue weighted by Gasteiger charge is -2.15. The van der Waals surface area contributed by atoms with Gasteiger partial charge in [-0.15, -0.1) is 0 Å². The lowest BCUT2D eigenvalue weighted by molar-refractivity contribution is -0.138. The molecular formula is C28H22FN3O4. The van der Waals surface area contributed by atoms with Gasteiger partial charge in [0.2, 0.25) is 5.43 Å². The van der Waals surface area contributed by atoms with Gasteiger partial charge in [0.25, 0.3) is 5.91 Å². The fourth-order valence-electron chi connectivity index (χ4n) is 4.67. The van der Waals surface area contributed by atoms with E-state index in [1.165, 1.54) is 17.0 Å². The van der Waals surface area contributed by atoms with Gasteiger partial charge in [0.15, 0.2) is 5.82 Å². The molecule has 2 N–H and O–H groups in total. The van der Waals surface area contributed by atoms with Gasteiger partial charge in [0, 0.05) is 24.0 Å². The van der Waals surface area contributed by atoms with E-state index in [0.717, 1.165) is 18.4 Å². The molecular weight excluding hydrogens is 461 g/mol. The Morgan fingerprint density at radius 1 is 1.06 bits per heavy atom. The van der Waals surface area contributed by atoms with Gasteiger partial charge in [-0.1, -0.05) is 36.4 Å². The Balaban J connectivity index is 1.43. The Bertz CT molecular complexity index is 1590. The van der Waals surface area contributed by atoms with Gasteiger partial charge in [-0.2, -0.15) is 0 Å². The van der Waals surface area contributed by atoms with Crippen LogP contribution in [0.5, 0.6) is 0 Å². The number of carbonyl (C=O) groups excluding carboxylic acids is 1. The number of hydrogen-bond donors (Lipinski definition) is 2. The Morgan fingerprint density at radius 3 is 2.53 bits per heavy atom. The van der Waals surface area contributed by atoms with Gasteiger partial charge in [-0.05, 0) is 54.5 Å². The number of aromatic nitrogens is 2. The highest BCUT2D eigenvalue weighted by atomic mass is 19.1. The predicted octanol–water partition coefficient (Wildman–Crippen LogP) is 4.27. The van der Waals surface area contributed by atoms with E-state index in [2.05, 4.69) is 10.3 Å². The van der Waals surface area contributed by atoms with E-state index in [0.29, 0.717) is 17.5 Å². The summed E-state index contributed by atoms with van der Waals surface area (Å²) in [6.45, 7) is 0. The van der Waals surface area contributed by atoms with Crippen molar-refractivity contribution in [2.45, 2.75) is 31.2 Å². The number of carboxylic acids is 1. The van der Waals surface area contributed by atoms with Crippen LogP contribution in [0.1, 0.15) is 41.1 Å². The van der Waals surface area contributed by atoms with E-state index in [9.17, 15) is 19.5 Å². The second-order valence-corrected chi connectivity index (χ2v) is 9.41. The highest BCUT2D eigenvalue weighted by Crippen LogP contribution is 2.47. The highest BCUT2D eigenvalue weighted by Gasteiger charge is 2.44. The first-order valence-electron chi connectivity index (χ1n) is 11.9. The van der Waals surface area contributed by atoms with Crippen LogP contribution in [0.3, 0.4) is 0 Å². The SMILES string of the molecule is O=C(NC1CC1)c1cn(-c2cccc(-c3ccc([C@@H]4C[C@H]4C(=O)O)cc3)c2F)c2ncccc2c1=O. The summed E-state index contributed by atoms with van der Waals surface area (Å²) in [4.78, 5) is 41.3. The third-order valence-electron chi connectivity index (χ3n) is 6.91. The summed E-state index contributed by atoms with van der Waals surface area (Å²) < 4.78 is 17.4. The maximum atomic E-state index is 16.0. The fraction of sp³-hybridized carbons (Fsp3) is 0.214. The van der Waals surface area contributed by atoms with Crippen molar-refractivity contribution in [3.63, 3.8) is 0 Å². The number of rotatable bonds is 6. The third-order valence-corrected chi connectivity index (χ3v) is 6.91. The maximum absolute atomic E-state index is 16.0. The molecule has 2 atom stereocenters. The molecule has 0 radical (unpaired) electrons. The molecule has 0 spiro atoms. The van der Waals surface area contributed by atoms with Crippen molar-refractivity contribution >= 4 is 22.9 Å². The zero-order valence-electron chi connectivity index (χ0n) is 19.1. The molecule has 2 fully saturated rings. The van der Waals surface area contributed by atoms with Crippen LogP contribution in [0.25, 0.3) is 27.8 Å². The molecule has 0 unspecified atom stereocenters. The second-order valence-electron chi connectivity index (χ2n) is 9.41. The van der Waals surface area contributed by atoms with Crippen molar-refractivity contribution in [3.8, 4) is 16.8 Å². The molecule has 180 valence electrons. The van der Waals surface area contributed by atoms with Crippen molar-refractivity contribution in [1.82, 2.24) is 14.9 Å². The average Bonchev–Trinajstić information content (AvgIpc) is 3.80. The number of carbonyl (C=O) groups is 2. The standard InChI is InChI=1S/C28H22FN3O4/c29-24-18(15-6-8-16(9-7-15)20-13-21(20)28(35)36)3-1-5-23(24)32-14-22(27(34)31-17-10-11-17)25(33)19-4-2-12-30-26(19)32/h1-9,12,14,17,20-21H,10-11,13H2,(H,31,34)(H,35,36)/t20-,21+/m0/s1. The molecule has 2 aromatic carbocycles. The summed E-state index contributed by atoms with van der Waals surface area (Å²) in [5.74, 6) is -2.16. The zero-order chi connectivity index (χ0) is 25.0. The van der Waals surface area contributed by atoms with Crippen LogP contribution in [-0.4, -0.2) is 32.6 Å². The largest absolute Gasteiger partial charge is 0.481 e. The number of hydrogen-bond acceptors (Lipinski definition) is 4. The van der Waals surface area contributed by atoms with Gasteiger partial charge in [-0.25, -0.2) is 9.37 Å². The van der Waals surface area contributed by atoms with Crippen LogP contribution in [0.15, 0.2) is 71.8 Å². The first kappa shape index (κ1) is 22.2. The zero-order valence-corrected chi connectivity index (χ0v) is 19.1. The molecule has 8 heteroatoms. The first-order chi connectivity index (χ1) is 17.4. The van der Waals surface area contributed by atoms with E-state index >= 15 is 4.39 Å². The molecule has 1 amide bonds. The summed E-state index contributed by atoms with van der Waals surface area (Å²) in [5.41, 5.74) is 1.81. The molecule has 2 saturated carbocycles. The lowest BCUT2D eigenvalue weighted by Crippen LogP contribution is -2.31. The highest BCUT2D eigenvalue weighted by molar-refractivity contribution is 5.97. The van der Waals surface area contributed by atoms with Crippen molar-refractivity contribution in [2.24, 2.45) is 5.92 Å². The number of aliphatic carboxylic acids is 1. The van der Waals surface area contributed by atoms with Gasteiger partial charge in [0.1, 0.15) is 11.2 Å². The number of carboxylic acid groups (broad SMARTS) is 1. The maximum Gasteiger partial charge on any atom is 0.307 e. The van der Waals surface area contributed by atoms with E-state index < -0.39 is 23.1 Å². The molecule has 2 aliphatic rings. The molecule has 2 aliphatic carbocycles. The lowest BCUT2D eigenvalue weighted by atomic mass is 10.0. The topological polar surface area (TPSA) is 101 Å². The summed E-state index contributed by atoms with van der Waals surface area (Å²) in [5, 5.41) is 12.2. The summed E-state index contributed by atoms with van der Waals surface area (Å²) in [6, 6.07) is 15.4. The molecule has 2 heterocycles. The van der Waals surface area contributed by atoms with Crippen LogP contribution in [0.2, 0.25) is 0 Å². The monoisotopic (exact) mass is 483 g/mol. The predicted molar refractivity (Wildman–Crippen MR) is 132 cm³/mol. The molecule has 0 saturated heterocycles. The second kappa shape index (κ2) is 8.41. The number of nitrogens with one attached hydrogen (secondary N) is 1. The molecule has 4 aromatic rings. The molecule has 7 nitrogen and oxygen atoms in total. The molecule has 2 aromatic heterocycles. The van der Waals surface area contributed by atoms with Gasteiger partial charge < -0.3 is 10.4 Å². The molecule has 6 rings (SSSR count).